The summed E-state index contributed by atoms with van der Waals surface area (Å²) in [4.78, 5) is 5.75. The van der Waals surface area contributed by atoms with E-state index >= 15 is 0 Å². The highest BCUT2D eigenvalue weighted by molar-refractivity contribution is 6.31. The maximum absolute atomic E-state index is 6.08. The number of likely N-dealkylation sites (N-methyl/N-ethyl adjacent to an activating group) is 1. The number of nitrogens with zero attached hydrogens (tertiary/aromatic N) is 1. The van der Waals surface area contributed by atoms with Gasteiger partial charge < -0.3 is 15.2 Å². The number of piperazine rings is 1. The fraction of sp³-hybridized carbons (Fsp3) is 0.429. The lowest BCUT2D eigenvalue weighted by atomic mass is 10.0. The Balaban J connectivity index is 1.87. The molecule has 1 fully saturated rings. The van der Waals surface area contributed by atoms with Crippen molar-refractivity contribution in [3.8, 4) is 0 Å². The highest BCUT2D eigenvalue weighted by Gasteiger charge is 2.20. The number of halogens is 1. The van der Waals surface area contributed by atoms with Crippen molar-refractivity contribution in [3.63, 3.8) is 0 Å². The Hall–Kier alpha value is -1.03. The molecule has 1 aromatic heterocycles. The van der Waals surface area contributed by atoms with E-state index in [2.05, 4.69) is 34.5 Å². The Morgan fingerprint density at radius 3 is 3.17 bits per heavy atom. The van der Waals surface area contributed by atoms with Crippen LogP contribution in [0.4, 0.5) is 0 Å². The van der Waals surface area contributed by atoms with Crippen molar-refractivity contribution in [1.82, 2.24) is 15.2 Å². The minimum absolute atomic E-state index is 0.566. The Kier molecular flexibility index (Phi) is 3.29. The van der Waals surface area contributed by atoms with Gasteiger partial charge in [-0.3, -0.25) is 0 Å². The van der Waals surface area contributed by atoms with Crippen LogP contribution in [-0.4, -0.2) is 42.6 Å². The normalized spacial score (nSPS) is 21.6. The molecule has 1 aliphatic rings. The number of H-pyrrole nitrogens is 1. The molecule has 0 spiro atoms. The van der Waals surface area contributed by atoms with Crippen LogP contribution in [0, 0.1) is 0 Å². The van der Waals surface area contributed by atoms with Gasteiger partial charge in [0.2, 0.25) is 0 Å². The Labute approximate surface area is 112 Å². The summed E-state index contributed by atoms with van der Waals surface area (Å²) in [6, 6.07) is 6.60. The lowest BCUT2D eigenvalue weighted by Gasteiger charge is -2.33. The van der Waals surface area contributed by atoms with E-state index < -0.39 is 0 Å². The number of aromatic nitrogens is 1. The molecule has 3 rings (SSSR count). The van der Waals surface area contributed by atoms with Crippen molar-refractivity contribution in [3.05, 3.63) is 35.0 Å². The molecule has 0 bridgehead atoms. The number of hydrogen-bond acceptors (Lipinski definition) is 2. The molecule has 0 radical (unpaired) electrons. The van der Waals surface area contributed by atoms with E-state index in [1.54, 1.807) is 0 Å². The van der Waals surface area contributed by atoms with Crippen molar-refractivity contribution >= 4 is 22.5 Å². The molecule has 1 saturated heterocycles. The van der Waals surface area contributed by atoms with Gasteiger partial charge >= 0.3 is 0 Å². The van der Waals surface area contributed by atoms with Crippen molar-refractivity contribution in [1.29, 1.82) is 0 Å². The van der Waals surface area contributed by atoms with Crippen LogP contribution in [0.1, 0.15) is 5.56 Å². The third-order valence-corrected chi connectivity index (χ3v) is 4.06. The molecular weight excluding hydrogens is 246 g/mol. The van der Waals surface area contributed by atoms with E-state index in [-0.39, 0.29) is 0 Å². The smallest absolute Gasteiger partial charge is 0.0457 e. The lowest BCUT2D eigenvalue weighted by molar-refractivity contribution is 0.199. The van der Waals surface area contributed by atoms with Gasteiger partial charge in [0.15, 0.2) is 0 Å². The Morgan fingerprint density at radius 2 is 2.33 bits per heavy atom. The van der Waals surface area contributed by atoms with Gasteiger partial charge in [-0.15, -0.1) is 0 Å². The molecule has 3 nitrogen and oxygen atoms in total. The van der Waals surface area contributed by atoms with E-state index in [1.165, 1.54) is 16.5 Å². The first kappa shape index (κ1) is 12.0. The van der Waals surface area contributed by atoms with Gasteiger partial charge in [0.25, 0.3) is 0 Å². The zero-order valence-electron chi connectivity index (χ0n) is 10.5. The monoisotopic (exact) mass is 263 g/mol. The standard InChI is InChI=1S/C14H18ClN3/c1-18-5-4-16-9-12(18)6-10-8-17-14-3-2-11(15)7-13(10)14/h2-3,7-8,12,16-17H,4-6,9H2,1H3. The van der Waals surface area contributed by atoms with E-state index in [0.717, 1.165) is 31.1 Å². The minimum Gasteiger partial charge on any atom is -0.361 e. The van der Waals surface area contributed by atoms with Crippen LogP contribution in [0.15, 0.2) is 24.4 Å². The summed E-state index contributed by atoms with van der Waals surface area (Å²) in [5, 5.41) is 5.51. The molecule has 1 atom stereocenters. The molecule has 1 aromatic carbocycles. The summed E-state index contributed by atoms with van der Waals surface area (Å²) in [6.07, 6.45) is 3.17. The Bertz CT molecular complexity index is 549. The summed E-state index contributed by atoms with van der Waals surface area (Å²) in [5.41, 5.74) is 2.52. The molecule has 0 amide bonds. The van der Waals surface area contributed by atoms with Crippen LogP contribution in [0.2, 0.25) is 5.02 Å². The van der Waals surface area contributed by atoms with Crippen LogP contribution in [0.3, 0.4) is 0 Å². The van der Waals surface area contributed by atoms with E-state index in [9.17, 15) is 0 Å². The van der Waals surface area contributed by atoms with Crippen LogP contribution >= 0.6 is 11.6 Å². The maximum atomic E-state index is 6.08. The molecule has 4 heteroatoms. The topological polar surface area (TPSA) is 31.1 Å². The first-order valence-corrected chi connectivity index (χ1v) is 6.78. The van der Waals surface area contributed by atoms with Gasteiger partial charge in [0.05, 0.1) is 0 Å². The predicted molar refractivity (Wildman–Crippen MR) is 76.3 cm³/mol. The molecule has 96 valence electrons. The zero-order valence-corrected chi connectivity index (χ0v) is 11.3. The Morgan fingerprint density at radius 1 is 1.44 bits per heavy atom. The van der Waals surface area contributed by atoms with Crippen LogP contribution < -0.4 is 5.32 Å². The quantitative estimate of drug-likeness (QED) is 0.871. The number of hydrogen-bond donors (Lipinski definition) is 2. The average Bonchev–Trinajstić information content (AvgIpc) is 2.75. The molecule has 2 N–H and O–H groups in total. The van der Waals surface area contributed by atoms with Gasteiger partial charge in [-0.1, -0.05) is 11.6 Å². The van der Waals surface area contributed by atoms with Gasteiger partial charge in [-0.2, -0.15) is 0 Å². The van der Waals surface area contributed by atoms with Crippen LogP contribution in [-0.2, 0) is 6.42 Å². The third kappa shape index (κ3) is 2.26. The van der Waals surface area contributed by atoms with Crippen LogP contribution in [0.25, 0.3) is 10.9 Å². The summed E-state index contributed by atoms with van der Waals surface area (Å²) in [5.74, 6) is 0. The molecule has 2 aromatic rings. The SMILES string of the molecule is CN1CCNCC1Cc1c[nH]c2ccc(Cl)cc12. The van der Waals surface area contributed by atoms with Crippen molar-refractivity contribution in [2.24, 2.45) is 0 Å². The van der Waals surface area contributed by atoms with Gasteiger partial charge in [0.1, 0.15) is 0 Å². The van der Waals surface area contributed by atoms with Crippen molar-refractivity contribution < 1.29 is 0 Å². The molecule has 1 aliphatic heterocycles. The second-order valence-electron chi connectivity index (χ2n) is 5.05. The molecule has 1 unspecified atom stereocenters. The lowest BCUT2D eigenvalue weighted by Crippen LogP contribution is -2.50. The number of nitrogens with one attached hydrogen (secondary N) is 2. The largest absolute Gasteiger partial charge is 0.361 e. The molecular formula is C14H18ClN3. The summed E-state index contributed by atoms with van der Waals surface area (Å²) >= 11 is 6.08. The maximum Gasteiger partial charge on any atom is 0.0457 e. The minimum atomic E-state index is 0.566. The van der Waals surface area contributed by atoms with E-state index in [0.29, 0.717) is 6.04 Å². The number of aromatic amines is 1. The predicted octanol–water partition coefficient (Wildman–Crippen LogP) is 2.27. The summed E-state index contributed by atoms with van der Waals surface area (Å²) < 4.78 is 0. The number of benzene rings is 1. The zero-order chi connectivity index (χ0) is 12.5. The average molecular weight is 264 g/mol. The fourth-order valence-corrected chi connectivity index (χ4v) is 2.84. The van der Waals surface area contributed by atoms with E-state index in [4.69, 9.17) is 11.6 Å². The summed E-state index contributed by atoms with van der Waals surface area (Å²) in [6.45, 7) is 3.27. The molecule has 2 heterocycles. The first-order valence-electron chi connectivity index (χ1n) is 6.40. The first-order chi connectivity index (χ1) is 8.74. The second kappa shape index (κ2) is 4.92. The fourth-order valence-electron chi connectivity index (χ4n) is 2.66. The number of fused-ring (bicyclic) bond motifs is 1. The van der Waals surface area contributed by atoms with E-state index in [1.807, 2.05) is 12.1 Å². The number of rotatable bonds is 2. The van der Waals surface area contributed by atoms with Crippen molar-refractivity contribution in [2.75, 3.05) is 26.7 Å². The van der Waals surface area contributed by atoms with Crippen molar-refractivity contribution in [2.45, 2.75) is 12.5 Å². The van der Waals surface area contributed by atoms with Crippen LogP contribution in [0.5, 0.6) is 0 Å². The van der Waals surface area contributed by atoms with Gasteiger partial charge in [-0.25, -0.2) is 0 Å². The molecule has 0 saturated carbocycles. The molecule has 18 heavy (non-hydrogen) atoms. The summed E-state index contributed by atoms with van der Waals surface area (Å²) in [7, 11) is 2.20. The highest BCUT2D eigenvalue weighted by atomic mass is 35.5. The van der Waals surface area contributed by atoms with Gasteiger partial charge in [-0.05, 0) is 37.2 Å². The second-order valence-corrected chi connectivity index (χ2v) is 5.48. The van der Waals surface area contributed by atoms with Gasteiger partial charge in [0, 0.05) is 47.8 Å². The third-order valence-electron chi connectivity index (χ3n) is 3.83. The highest BCUT2D eigenvalue weighted by Crippen LogP contribution is 2.24. The molecule has 0 aliphatic carbocycles.